The summed E-state index contributed by atoms with van der Waals surface area (Å²) in [6.07, 6.45) is 8.37. The second-order valence-corrected chi connectivity index (χ2v) is 9.47. The molecule has 1 fully saturated rings. The van der Waals surface area contributed by atoms with Crippen molar-refractivity contribution in [3.63, 3.8) is 0 Å². The van der Waals surface area contributed by atoms with E-state index in [0.29, 0.717) is 12.0 Å². The molecule has 4 heteroatoms. The van der Waals surface area contributed by atoms with Crippen LogP contribution in [-0.4, -0.2) is 34.0 Å². The Balaban J connectivity index is 1.42. The van der Waals surface area contributed by atoms with E-state index in [1.165, 1.54) is 34.4 Å². The number of rotatable bonds is 4. The van der Waals surface area contributed by atoms with Gasteiger partial charge in [-0.15, -0.1) is 0 Å². The Morgan fingerprint density at radius 1 is 0.912 bits per heavy atom. The van der Waals surface area contributed by atoms with Crippen LogP contribution in [-0.2, 0) is 0 Å². The van der Waals surface area contributed by atoms with Crippen LogP contribution >= 0.6 is 0 Å². The Labute approximate surface area is 200 Å². The van der Waals surface area contributed by atoms with Gasteiger partial charge in [0.15, 0.2) is 0 Å². The third-order valence-electron chi connectivity index (χ3n) is 7.39. The van der Waals surface area contributed by atoms with Crippen LogP contribution in [0.2, 0.25) is 0 Å². The molecule has 0 saturated carbocycles. The van der Waals surface area contributed by atoms with Gasteiger partial charge in [-0.2, -0.15) is 0 Å². The van der Waals surface area contributed by atoms with E-state index in [2.05, 4.69) is 70.3 Å². The van der Waals surface area contributed by atoms with Crippen molar-refractivity contribution in [1.29, 1.82) is 0 Å². The number of H-pyrrole nitrogens is 1. The summed E-state index contributed by atoms with van der Waals surface area (Å²) in [5, 5.41) is 0. The average molecular weight is 450 g/mol. The number of pyridine rings is 1. The second kappa shape index (κ2) is 8.69. The summed E-state index contributed by atoms with van der Waals surface area (Å²) in [5.74, 6) is 0.366. The Morgan fingerprint density at radius 2 is 1.68 bits per heavy atom. The third kappa shape index (κ3) is 3.78. The van der Waals surface area contributed by atoms with E-state index >= 15 is 0 Å². The van der Waals surface area contributed by atoms with E-state index in [0.717, 1.165) is 48.4 Å². The smallest absolute Gasteiger partial charge is 0.123 e. The molecule has 2 atom stereocenters. The molecule has 3 nitrogen and oxygen atoms in total. The highest BCUT2D eigenvalue weighted by Gasteiger charge is 2.35. The normalized spacial score (nSPS) is 20.2. The van der Waals surface area contributed by atoms with Crippen molar-refractivity contribution in [2.24, 2.45) is 0 Å². The molecule has 1 N–H and O–H groups in total. The first-order valence-electron chi connectivity index (χ1n) is 12.1. The topological polar surface area (TPSA) is 31.9 Å². The van der Waals surface area contributed by atoms with Gasteiger partial charge < -0.3 is 4.98 Å². The van der Waals surface area contributed by atoms with Gasteiger partial charge in [0.1, 0.15) is 5.82 Å². The molecular weight excluding hydrogens is 421 g/mol. The fourth-order valence-corrected chi connectivity index (χ4v) is 5.79. The quantitative estimate of drug-likeness (QED) is 0.370. The molecule has 6 rings (SSSR count). The van der Waals surface area contributed by atoms with Crippen molar-refractivity contribution < 1.29 is 4.39 Å². The predicted octanol–water partition coefficient (Wildman–Crippen LogP) is 6.84. The van der Waals surface area contributed by atoms with Crippen LogP contribution in [0.15, 0.2) is 85.2 Å². The zero-order valence-electron chi connectivity index (χ0n) is 19.3. The Bertz CT molecular complexity index is 1320. The van der Waals surface area contributed by atoms with Crippen molar-refractivity contribution in [3.8, 4) is 22.4 Å². The Kier molecular flexibility index (Phi) is 5.39. The number of hydrogen-bond acceptors (Lipinski definition) is 2. The molecule has 2 unspecified atom stereocenters. The molecule has 2 aromatic heterocycles. The summed E-state index contributed by atoms with van der Waals surface area (Å²) in [6, 6.07) is 22.3. The van der Waals surface area contributed by atoms with Gasteiger partial charge in [0, 0.05) is 48.3 Å². The number of halogens is 1. The van der Waals surface area contributed by atoms with Gasteiger partial charge in [-0.25, -0.2) is 4.39 Å². The van der Waals surface area contributed by atoms with Crippen LogP contribution in [0.5, 0.6) is 0 Å². The lowest BCUT2D eigenvalue weighted by Crippen LogP contribution is -2.32. The molecular formula is C30H28FN3. The van der Waals surface area contributed by atoms with Crippen LogP contribution in [0.4, 0.5) is 4.39 Å². The molecule has 2 aliphatic rings. The Hall–Kier alpha value is -3.50. The molecule has 2 aliphatic heterocycles. The summed E-state index contributed by atoms with van der Waals surface area (Å²) in [6.45, 7) is 4.36. The Morgan fingerprint density at radius 3 is 2.44 bits per heavy atom. The van der Waals surface area contributed by atoms with E-state index in [4.69, 9.17) is 0 Å². The molecule has 2 aromatic carbocycles. The molecule has 4 aromatic rings. The minimum absolute atomic E-state index is 0.220. The fourth-order valence-electron chi connectivity index (χ4n) is 5.79. The van der Waals surface area contributed by atoms with Crippen molar-refractivity contribution in [2.45, 2.75) is 31.7 Å². The minimum atomic E-state index is -0.220. The molecule has 4 heterocycles. The fraction of sp³-hybridized carbons (Fsp3) is 0.233. The lowest BCUT2D eigenvalue weighted by molar-refractivity contribution is 0.286. The van der Waals surface area contributed by atoms with Crippen LogP contribution in [0.25, 0.3) is 28.0 Å². The van der Waals surface area contributed by atoms with Gasteiger partial charge in [-0.05, 0) is 84.3 Å². The standard InChI is InChI=1S/C30H28FN3/c1-20-28(24-13-16-34-19-25(18-27(34)17-24)21-5-3-2-4-6-21)29(22-11-14-32-15-12-22)30(33-20)23-7-9-26(31)10-8-23/h2-12,14-15,17,25,27,33H,13,16,18-19H2,1H3. The maximum atomic E-state index is 13.6. The highest BCUT2D eigenvalue weighted by atomic mass is 19.1. The van der Waals surface area contributed by atoms with E-state index in [-0.39, 0.29) is 5.82 Å². The number of nitrogens with zero attached hydrogens (tertiary/aromatic N) is 2. The highest BCUT2D eigenvalue weighted by Crippen LogP contribution is 2.44. The molecule has 34 heavy (non-hydrogen) atoms. The molecule has 0 bridgehead atoms. The molecule has 0 amide bonds. The van der Waals surface area contributed by atoms with Gasteiger partial charge in [-0.3, -0.25) is 9.88 Å². The minimum Gasteiger partial charge on any atom is -0.358 e. The van der Waals surface area contributed by atoms with Crippen molar-refractivity contribution in [2.75, 3.05) is 13.1 Å². The summed E-state index contributed by atoms with van der Waals surface area (Å²) in [5.41, 5.74) is 9.64. The third-order valence-corrected chi connectivity index (χ3v) is 7.39. The highest BCUT2D eigenvalue weighted by molar-refractivity contribution is 5.93. The summed E-state index contributed by atoms with van der Waals surface area (Å²) >= 11 is 0. The maximum Gasteiger partial charge on any atom is 0.123 e. The number of fused-ring (bicyclic) bond motifs is 1. The van der Waals surface area contributed by atoms with Crippen LogP contribution in [0.1, 0.15) is 35.6 Å². The van der Waals surface area contributed by atoms with Crippen molar-refractivity contribution in [3.05, 3.63) is 108 Å². The average Bonchev–Trinajstić information content (AvgIpc) is 3.46. The molecule has 1 saturated heterocycles. The summed E-state index contributed by atoms with van der Waals surface area (Å²) < 4.78 is 13.6. The zero-order chi connectivity index (χ0) is 23.1. The molecule has 0 spiro atoms. The van der Waals surface area contributed by atoms with Crippen LogP contribution in [0, 0.1) is 12.7 Å². The molecule has 0 aliphatic carbocycles. The number of aromatic amines is 1. The number of aromatic nitrogens is 2. The number of benzene rings is 2. The summed E-state index contributed by atoms with van der Waals surface area (Å²) in [4.78, 5) is 10.5. The van der Waals surface area contributed by atoms with Gasteiger partial charge in [0.25, 0.3) is 0 Å². The number of nitrogens with one attached hydrogen (secondary N) is 1. The van der Waals surface area contributed by atoms with Crippen molar-refractivity contribution in [1.82, 2.24) is 14.9 Å². The first-order valence-corrected chi connectivity index (χ1v) is 12.1. The first kappa shape index (κ1) is 21.1. The largest absolute Gasteiger partial charge is 0.358 e. The number of aryl methyl sites for hydroxylation is 1. The second-order valence-electron chi connectivity index (χ2n) is 9.47. The van der Waals surface area contributed by atoms with Crippen molar-refractivity contribution >= 4 is 5.57 Å². The SMILES string of the molecule is Cc1[nH]c(-c2ccc(F)cc2)c(-c2ccncc2)c1C1=CC2CC(c3ccccc3)CN2CC1. The molecule has 0 radical (unpaired) electrons. The number of hydrogen-bond donors (Lipinski definition) is 1. The predicted molar refractivity (Wildman–Crippen MR) is 136 cm³/mol. The van der Waals surface area contributed by atoms with Gasteiger partial charge in [0.2, 0.25) is 0 Å². The van der Waals surface area contributed by atoms with Crippen LogP contribution < -0.4 is 0 Å². The van der Waals surface area contributed by atoms with E-state index in [1.807, 2.05) is 24.5 Å². The van der Waals surface area contributed by atoms with Gasteiger partial charge in [-0.1, -0.05) is 36.4 Å². The van der Waals surface area contributed by atoms with E-state index in [9.17, 15) is 4.39 Å². The summed E-state index contributed by atoms with van der Waals surface area (Å²) in [7, 11) is 0. The van der Waals surface area contributed by atoms with Gasteiger partial charge in [0.05, 0.1) is 5.69 Å². The maximum absolute atomic E-state index is 13.6. The van der Waals surface area contributed by atoms with E-state index < -0.39 is 0 Å². The molecule has 170 valence electrons. The van der Waals surface area contributed by atoms with Gasteiger partial charge >= 0.3 is 0 Å². The lowest BCUT2D eigenvalue weighted by Gasteiger charge is -2.29. The zero-order valence-corrected chi connectivity index (χ0v) is 19.3. The van der Waals surface area contributed by atoms with E-state index in [1.54, 1.807) is 0 Å². The monoisotopic (exact) mass is 449 g/mol. The lowest BCUT2D eigenvalue weighted by atomic mass is 9.88. The van der Waals surface area contributed by atoms with Crippen LogP contribution in [0.3, 0.4) is 0 Å². The first-order chi connectivity index (χ1) is 16.7.